The van der Waals surface area contributed by atoms with Crippen LogP contribution in [0.15, 0.2) is 27.8 Å². The first kappa shape index (κ1) is 8.07. The van der Waals surface area contributed by atoms with Gasteiger partial charge in [-0.3, -0.25) is 0 Å². The van der Waals surface area contributed by atoms with Gasteiger partial charge in [0.15, 0.2) is 5.58 Å². The van der Waals surface area contributed by atoms with E-state index in [0.717, 1.165) is 6.21 Å². The van der Waals surface area contributed by atoms with Crippen LogP contribution in [0.5, 0.6) is 0 Å². The van der Waals surface area contributed by atoms with Crippen molar-refractivity contribution in [3.63, 3.8) is 0 Å². The van der Waals surface area contributed by atoms with E-state index < -0.39 is 0 Å². The van der Waals surface area contributed by atoms with E-state index in [4.69, 9.17) is 21.2 Å². The van der Waals surface area contributed by atoms with Gasteiger partial charge in [0.2, 0.25) is 5.89 Å². The lowest BCUT2D eigenvalue weighted by molar-refractivity contribution is 0.320. The van der Waals surface area contributed by atoms with Crippen molar-refractivity contribution in [2.75, 3.05) is 0 Å². The molecule has 0 atom stereocenters. The minimum atomic E-state index is 0.250. The second-order valence-corrected chi connectivity index (χ2v) is 2.85. The summed E-state index contributed by atoms with van der Waals surface area (Å²) in [6, 6.07) is 5.09. The normalized spacial score (nSPS) is 11.5. The second-order valence-electron chi connectivity index (χ2n) is 2.41. The third kappa shape index (κ3) is 1.48. The summed E-state index contributed by atoms with van der Waals surface area (Å²) in [5, 5.41) is 11.6. The smallest absolute Gasteiger partial charge is 0.241 e. The highest BCUT2D eigenvalue weighted by Crippen LogP contribution is 2.18. The number of oxazole rings is 1. The van der Waals surface area contributed by atoms with Gasteiger partial charge >= 0.3 is 0 Å². The van der Waals surface area contributed by atoms with Gasteiger partial charge in [0.05, 0.1) is 0 Å². The van der Waals surface area contributed by atoms with Crippen LogP contribution < -0.4 is 0 Å². The van der Waals surface area contributed by atoms with Crippen LogP contribution in [0.4, 0.5) is 0 Å². The number of rotatable bonds is 1. The van der Waals surface area contributed by atoms with Crippen LogP contribution in [-0.4, -0.2) is 16.4 Å². The molecule has 0 aliphatic carbocycles. The number of halogens is 1. The molecule has 1 N–H and O–H groups in total. The van der Waals surface area contributed by atoms with Crippen LogP contribution in [0.2, 0.25) is 5.02 Å². The molecule has 0 saturated carbocycles. The van der Waals surface area contributed by atoms with Crippen LogP contribution in [0, 0.1) is 0 Å². The fraction of sp³-hybridized carbons (Fsp3) is 0. The first-order valence-electron chi connectivity index (χ1n) is 3.53. The third-order valence-electron chi connectivity index (χ3n) is 1.53. The van der Waals surface area contributed by atoms with E-state index in [-0.39, 0.29) is 5.89 Å². The van der Waals surface area contributed by atoms with Crippen molar-refractivity contribution in [2.24, 2.45) is 5.16 Å². The van der Waals surface area contributed by atoms with Crippen LogP contribution in [0.3, 0.4) is 0 Å². The van der Waals surface area contributed by atoms with Crippen molar-refractivity contribution < 1.29 is 9.62 Å². The molecular formula is C8H5ClN2O2. The predicted molar refractivity (Wildman–Crippen MR) is 48.4 cm³/mol. The van der Waals surface area contributed by atoms with Crippen molar-refractivity contribution >= 4 is 28.9 Å². The zero-order chi connectivity index (χ0) is 9.26. The Bertz CT molecular complexity index is 464. The first-order valence-corrected chi connectivity index (χ1v) is 3.91. The molecule has 0 saturated heterocycles. The van der Waals surface area contributed by atoms with Crippen LogP contribution >= 0.6 is 11.6 Å². The van der Waals surface area contributed by atoms with Gasteiger partial charge in [0, 0.05) is 5.02 Å². The lowest BCUT2D eigenvalue weighted by atomic mass is 10.3. The molecule has 0 aliphatic rings. The summed E-state index contributed by atoms with van der Waals surface area (Å²) in [5.41, 5.74) is 1.25. The average molecular weight is 197 g/mol. The predicted octanol–water partition coefficient (Wildman–Crippen LogP) is 2.29. The Hall–Kier alpha value is -1.55. The van der Waals surface area contributed by atoms with E-state index in [1.807, 2.05) is 0 Å². The Morgan fingerprint density at radius 3 is 3.15 bits per heavy atom. The van der Waals surface area contributed by atoms with Crippen molar-refractivity contribution in [1.82, 2.24) is 4.98 Å². The second kappa shape index (κ2) is 3.06. The van der Waals surface area contributed by atoms with E-state index in [1.54, 1.807) is 18.2 Å². The number of aromatic nitrogens is 1. The number of oxime groups is 1. The number of nitrogens with zero attached hydrogens (tertiary/aromatic N) is 2. The van der Waals surface area contributed by atoms with Crippen molar-refractivity contribution in [2.45, 2.75) is 0 Å². The zero-order valence-electron chi connectivity index (χ0n) is 6.44. The molecule has 0 radical (unpaired) electrons. The molecule has 0 aliphatic heterocycles. The summed E-state index contributed by atoms with van der Waals surface area (Å²) in [7, 11) is 0. The Balaban J connectivity index is 2.62. The summed E-state index contributed by atoms with van der Waals surface area (Å²) in [4.78, 5) is 4.00. The largest absolute Gasteiger partial charge is 0.435 e. The molecular weight excluding hydrogens is 192 g/mol. The summed E-state index contributed by atoms with van der Waals surface area (Å²) >= 11 is 5.74. The SMILES string of the molecule is O/N=C/c1nc2cc(Cl)ccc2o1. The molecule has 1 aromatic carbocycles. The van der Waals surface area contributed by atoms with Gasteiger partial charge in [-0.1, -0.05) is 16.8 Å². The minimum Gasteiger partial charge on any atom is -0.435 e. The quantitative estimate of drug-likeness (QED) is 0.433. The molecule has 0 amide bonds. The third-order valence-corrected chi connectivity index (χ3v) is 1.77. The van der Waals surface area contributed by atoms with Crippen molar-refractivity contribution in [3.05, 3.63) is 29.1 Å². The van der Waals surface area contributed by atoms with E-state index in [0.29, 0.717) is 16.1 Å². The molecule has 66 valence electrons. The molecule has 0 unspecified atom stereocenters. The standard InChI is InChI=1S/C8H5ClN2O2/c9-5-1-2-7-6(3-5)11-8(13-7)4-10-12/h1-4,12H/b10-4+. The Morgan fingerprint density at radius 1 is 1.54 bits per heavy atom. The van der Waals surface area contributed by atoms with Gasteiger partial charge < -0.3 is 9.62 Å². The Morgan fingerprint density at radius 2 is 2.38 bits per heavy atom. The molecule has 0 spiro atoms. The van der Waals surface area contributed by atoms with Gasteiger partial charge in [-0.15, -0.1) is 0 Å². The van der Waals surface area contributed by atoms with Crippen LogP contribution in [0.1, 0.15) is 5.89 Å². The average Bonchev–Trinajstić information content (AvgIpc) is 2.46. The fourth-order valence-electron chi connectivity index (χ4n) is 1.02. The highest BCUT2D eigenvalue weighted by atomic mass is 35.5. The maximum atomic E-state index is 8.24. The van der Waals surface area contributed by atoms with Crippen LogP contribution in [-0.2, 0) is 0 Å². The van der Waals surface area contributed by atoms with Gasteiger partial charge in [-0.25, -0.2) is 4.98 Å². The highest BCUT2D eigenvalue weighted by molar-refractivity contribution is 6.31. The molecule has 13 heavy (non-hydrogen) atoms. The summed E-state index contributed by atoms with van der Waals surface area (Å²) < 4.78 is 5.18. The van der Waals surface area contributed by atoms with Gasteiger partial charge in [0.25, 0.3) is 0 Å². The summed E-state index contributed by atoms with van der Waals surface area (Å²) in [6.45, 7) is 0. The number of fused-ring (bicyclic) bond motifs is 1. The molecule has 0 bridgehead atoms. The summed E-state index contributed by atoms with van der Waals surface area (Å²) in [5.74, 6) is 0.250. The Kier molecular flexibility index (Phi) is 1.90. The van der Waals surface area contributed by atoms with Gasteiger partial charge in [-0.2, -0.15) is 0 Å². The molecule has 0 fully saturated rings. The van der Waals surface area contributed by atoms with E-state index in [9.17, 15) is 0 Å². The van der Waals surface area contributed by atoms with E-state index in [2.05, 4.69) is 10.1 Å². The number of hydrogen-bond donors (Lipinski definition) is 1. The van der Waals surface area contributed by atoms with E-state index in [1.165, 1.54) is 0 Å². The number of hydrogen-bond acceptors (Lipinski definition) is 4. The minimum absolute atomic E-state index is 0.250. The van der Waals surface area contributed by atoms with Gasteiger partial charge in [-0.05, 0) is 18.2 Å². The highest BCUT2D eigenvalue weighted by Gasteiger charge is 2.03. The maximum Gasteiger partial charge on any atom is 0.241 e. The maximum absolute atomic E-state index is 8.24. The topological polar surface area (TPSA) is 58.6 Å². The zero-order valence-corrected chi connectivity index (χ0v) is 7.19. The first-order chi connectivity index (χ1) is 6.29. The molecule has 5 heteroatoms. The van der Waals surface area contributed by atoms with Crippen molar-refractivity contribution in [3.8, 4) is 0 Å². The monoisotopic (exact) mass is 196 g/mol. The number of benzene rings is 1. The molecule has 1 aromatic heterocycles. The lowest BCUT2D eigenvalue weighted by Crippen LogP contribution is -1.77. The van der Waals surface area contributed by atoms with E-state index >= 15 is 0 Å². The molecule has 2 aromatic rings. The fourth-order valence-corrected chi connectivity index (χ4v) is 1.19. The Labute approximate surface area is 78.4 Å². The van der Waals surface area contributed by atoms with Crippen molar-refractivity contribution in [1.29, 1.82) is 0 Å². The van der Waals surface area contributed by atoms with Crippen LogP contribution in [0.25, 0.3) is 11.1 Å². The summed E-state index contributed by atoms with van der Waals surface area (Å²) in [6.07, 6.45) is 1.12. The lowest BCUT2D eigenvalue weighted by Gasteiger charge is -1.85. The molecule has 2 rings (SSSR count). The van der Waals surface area contributed by atoms with Gasteiger partial charge in [0.1, 0.15) is 11.7 Å². The molecule has 4 nitrogen and oxygen atoms in total. The molecule has 1 heterocycles.